The molecule has 0 aliphatic carbocycles. The topological polar surface area (TPSA) is 86.6 Å². The molecule has 7 heteroatoms. The van der Waals surface area contributed by atoms with E-state index in [-0.39, 0.29) is 12.1 Å². The van der Waals surface area contributed by atoms with Gasteiger partial charge >= 0.3 is 5.97 Å². The van der Waals surface area contributed by atoms with E-state index in [4.69, 9.17) is 21.8 Å². The van der Waals surface area contributed by atoms with E-state index < -0.39 is 18.0 Å². The van der Waals surface area contributed by atoms with Crippen LogP contribution >= 0.6 is 27.5 Å². The van der Waals surface area contributed by atoms with Crippen molar-refractivity contribution in [2.45, 2.75) is 6.10 Å². The van der Waals surface area contributed by atoms with Crippen molar-refractivity contribution in [1.29, 1.82) is 0 Å². The van der Waals surface area contributed by atoms with E-state index in [0.29, 0.717) is 9.50 Å². The molecule has 0 aliphatic rings. The Morgan fingerprint density at radius 1 is 1.47 bits per heavy atom. The third kappa shape index (κ3) is 3.99. The smallest absolute Gasteiger partial charge is 0.334 e. The molecular formula is C10H9BrClNO4. The molecule has 92 valence electrons. The normalized spacial score (nSPS) is 11.9. The molecule has 0 aromatic heterocycles. The number of aliphatic carboxylic acids is 1. The van der Waals surface area contributed by atoms with Gasteiger partial charge in [0, 0.05) is 9.50 Å². The highest BCUT2D eigenvalue weighted by molar-refractivity contribution is 9.10. The molecule has 0 heterocycles. The van der Waals surface area contributed by atoms with Crippen LogP contribution in [0.4, 0.5) is 0 Å². The van der Waals surface area contributed by atoms with Gasteiger partial charge in [-0.15, -0.1) is 0 Å². The first-order valence-corrected chi connectivity index (χ1v) is 5.73. The van der Waals surface area contributed by atoms with Gasteiger partial charge in [-0.25, -0.2) is 4.79 Å². The van der Waals surface area contributed by atoms with Crippen molar-refractivity contribution in [2.24, 2.45) is 0 Å². The molecule has 0 spiro atoms. The van der Waals surface area contributed by atoms with Crippen LogP contribution in [0.5, 0.6) is 0 Å². The van der Waals surface area contributed by atoms with Gasteiger partial charge in [0.1, 0.15) is 0 Å². The minimum absolute atomic E-state index is 0.273. The second-order valence-electron chi connectivity index (χ2n) is 3.19. The summed E-state index contributed by atoms with van der Waals surface area (Å²) in [6.45, 7) is -0.368. The fourth-order valence-electron chi connectivity index (χ4n) is 1.04. The average molecular weight is 323 g/mol. The Bertz CT molecular complexity index is 452. The zero-order chi connectivity index (χ0) is 13.0. The van der Waals surface area contributed by atoms with E-state index in [2.05, 4.69) is 21.2 Å². The molecule has 0 radical (unpaired) electrons. The fourth-order valence-corrected chi connectivity index (χ4v) is 1.64. The molecule has 1 atom stereocenters. The van der Waals surface area contributed by atoms with E-state index >= 15 is 0 Å². The van der Waals surface area contributed by atoms with Crippen LogP contribution in [0.2, 0.25) is 5.02 Å². The largest absolute Gasteiger partial charge is 0.479 e. The molecule has 1 aromatic carbocycles. The first kappa shape index (κ1) is 14.0. The van der Waals surface area contributed by atoms with Crippen molar-refractivity contribution in [2.75, 3.05) is 6.54 Å². The van der Waals surface area contributed by atoms with Gasteiger partial charge in [-0.1, -0.05) is 11.6 Å². The van der Waals surface area contributed by atoms with Crippen molar-refractivity contribution >= 4 is 39.4 Å². The fraction of sp³-hybridized carbons (Fsp3) is 0.200. The van der Waals surface area contributed by atoms with Gasteiger partial charge in [-0.3, -0.25) is 4.79 Å². The highest BCUT2D eigenvalue weighted by Gasteiger charge is 2.16. The molecule has 3 N–H and O–H groups in total. The van der Waals surface area contributed by atoms with Gasteiger partial charge in [-0.05, 0) is 34.1 Å². The van der Waals surface area contributed by atoms with E-state index in [0.717, 1.165) is 0 Å². The number of rotatable bonds is 4. The summed E-state index contributed by atoms with van der Waals surface area (Å²) in [6, 6.07) is 4.65. The number of carbonyl (C=O) groups is 2. The lowest BCUT2D eigenvalue weighted by molar-refractivity contribution is -0.146. The Balaban J connectivity index is 2.70. The van der Waals surface area contributed by atoms with Gasteiger partial charge in [0.15, 0.2) is 6.10 Å². The van der Waals surface area contributed by atoms with Crippen LogP contribution < -0.4 is 5.32 Å². The Morgan fingerprint density at radius 2 is 2.12 bits per heavy atom. The second kappa shape index (κ2) is 6.00. The number of aliphatic hydroxyl groups is 1. The number of hydrogen-bond acceptors (Lipinski definition) is 3. The SMILES string of the molecule is O=C(NC[C@H](O)C(=O)O)c1cc(Cl)ccc1Br. The lowest BCUT2D eigenvalue weighted by atomic mass is 10.2. The Labute approximate surface area is 111 Å². The number of amides is 1. The summed E-state index contributed by atoms with van der Waals surface area (Å²) in [5.41, 5.74) is 0.273. The van der Waals surface area contributed by atoms with Crippen LogP contribution in [-0.4, -0.2) is 34.7 Å². The molecule has 0 bridgehead atoms. The number of carboxylic acid groups (broad SMARTS) is 1. The molecular weight excluding hydrogens is 313 g/mol. The summed E-state index contributed by atoms with van der Waals surface area (Å²) in [5, 5.41) is 20.1. The van der Waals surface area contributed by atoms with Gasteiger partial charge in [0.05, 0.1) is 12.1 Å². The third-order valence-electron chi connectivity index (χ3n) is 1.91. The number of carboxylic acids is 1. The number of benzene rings is 1. The Hall–Kier alpha value is -1.11. The summed E-state index contributed by atoms with van der Waals surface area (Å²) >= 11 is 8.90. The van der Waals surface area contributed by atoms with E-state index in [1.54, 1.807) is 12.1 Å². The van der Waals surface area contributed by atoms with Crippen molar-refractivity contribution in [3.8, 4) is 0 Å². The highest BCUT2D eigenvalue weighted by Crippen LogP contribution is 2.20. The van der Waals surface area contributed by atoms with Crippen LogP contribution in [0, 0.1) is 0 Å². The van der Waals surface area contributed by atoms with Crippen LogP contribution in [0.15, 0.2) is 22.7 Å². The lowest BCUT2D eigenvalue weighted by Crippen LogP contribution is -2.36. The molecule has 0 aliphatic heterocycles. The summed E-state index contributed by atoms with van der Waals surface area (Å²) in [6.07, 6.45) is -1.63. The zero-order valence-corrected chi connectivity index (χ0v) is 10.8. The third-order valence-corrected chi connectivity index (χ3v) is 2.84. The molecule has 0 saturated carbocycles. The summed E-state index contributed by atoms with van der Waals surface area (Å²) < 4.78 is 0.532. The van der Waals surface area contributed by atoms with Crippen molar-refractivity contribution in [3.05, 3.63) is 33.3 Å². The predicted molar refractivity (Wildman–Crippen MR) is 65.1 cm³/mol. The minimum Gasteiger partial charge on any atom is -0.479 e. The summed E-state index contributed by atoms with van der Waals surface area (Å²) in [7, 11) is 0. The number of carbonyl (C=O) groups excluding carboxylic acids is 1. The summed E-state index contributed by atoms with van der Waals surface area (Å²) in [5.74, 6) is -1.91. The number of hydrogen-bond donors (Lipinski definition) is 3. The van der Waals surface area contributed by atoms with Crippen LogP contribution in [0.3, 0.4) is 0 Å². The Kier molecular flexibility index (Phi) is 4.92. The summed E-state index contributed by atoms with van der Waals surface area (Å²) in [4.78, 5) is 22.0. The van der Waals surface area contributed by atoms with Crippen molar-refractivity contribution < 1.29 is 19.8 Å². The molecule has 5 nitrogen and oxygen atoms in total. The molecule has 1 amide bonds. The van der Waals surface area contributed by atoms with E-state index in [1.807, 2.05) is 0 Å². The maximum absolute atomic E-state index is 11.6. The Morgan fingerprint density at radius 3 is 2.71 bits per heavy atom. The monoisotopic (exact) mass is 321 g/mol. The number of aliphatic hydroxyl groups excluding tert-OH is 1. The lowest BCUT2D eigenvalue weighted by Gasteiger charge is -2.09. The van der Waals surface area contributed by atoms with Crippen LogP contribution in [0.25, 0.3) is 0 Å². The molecule has 1 rings (SSSR count). The quantitative estimate of drug-likeness (QED) is 0.779. The van der Waals surface area contributed by atoms with Gasteiger partial charge in [-0.2, -0.15) is 0 Å². The molecule has 0 saturated heterocycles. The first-order chi connectivity index (χ1) is 7.91. The standard InChI is InChI=1S/C10H9BrClNO4/c11-7-2-1-5(12)3-6(7)9(15)13-4-8(14)10(16)17/h1-3,8,14H,4H2,(H,13,15)(H,16,17)/t8-/m0/s1. The van der Waals surface area contributed by atoms with Gasteiger partial charge in [0.25, 0.3) is 5.91 Å². The maximum atomic E-state index is 11.6. The second-order valence-corrected chi connectivity index (χ2v) is 4.48. The zero-order valence-electron chi connectivity index (χ0n) is 8.48. The van der Waals surface area contributed by atoms with Crippen LogP contribution in [-0.2, 0) is 4.79 Å². The van der Waals surface area contributed by atoms with Gasteiger partial charge < -0.3 is 15.5 Å². The maximum Gasteiger partial charge on any atom is 0.334 e. The van der Waals surface area contributed by atoms with Crippen LogP contribution in [0.1, 0.15) is 10.4 Å². The molecule has 17 heavy (non-hydrogen) atoms. The van der Waals surface area contributed by atoms with E-state index in [9.17, 15) is 9.59 Å². The van der Waals surface area contributed by atoms with Crippen molar-refractivity contribution in [3.63, 3.8) is 0 Å². The minimum atomic E-state index is -1.63. The first-order valence-electron chi connectivity index (χ1n) is 4.56. The number of halogens is 2. The average Bonchev–Trinajstić information content (AvgIpc) is 2.28. The van der Waals surface area contributed by atoms with Crippen molar-refractivity contribution in [1.82, 2.24) is 5.32 Å². The number of nitrogens with one attached hydrogen (secondary N) is 1. The molecule has 0 fully saturated rings. The molecule has 1 aromatic rings. The van der Waals surface area contributed by atoms with Gasteiger partial charge in [0.2, 0.25) is 0 Å². The molecule has 0 unspecified atom stereocenters. The predicted octanol–water partition coefficient (Wildman–Crippen LogP) is 1.28. The van der Waals surface area contributed by atoms with E-state index in [1.165, 1.54) is 6.07 Å². The highest BCUT2D eigenvalue weighted by atomic mass is 79.9.